The molecular formula is C16H14N4O3. The zero-order valence-corrected chi connectivity index (χ0v) is 12.4. The fourth-order valence-electron chi connectivity index (χ4n) is 2.16. The second-order valence-electron chi connectivity index (χ2n) is 4.75. The van der Waals surface area contributed by atoms with Gasteiger partial charge >= 0.3 is 5.97 Å². The van der Waals surface area contributed by atoms with Crippen molar-refractivity contribution in [2.45, 2.75) is 6.54 Å². The molecule has 0 N–H and O–H groups in total. The van der Waals surface area contributed by atoms with Gasteiger partial charge in [0, 0.05) is 6.07 Å². The number of esters is 1. The summed E-state index contributed by atoms with van der Waals surface area (Å²) in [7, 11) is 1.27. The summed E-state index contributed by atoms with van der Waals surface area (Å²) in [6.45, 7) is -0.233. The molecule has 7 heteroatoms. The second kappa shape index (κ2) is 6.27. The number of hydrogen-bond donors (Lipinski definition) is 0. The van der Waals surface area contributed by atoms with Crippen molar-refractivity contribution < 1.29 is 9.53 Å². The fraction of sp³-hybridized carbons (Fsp3) is 0.125. The number of rotatable bonds is 4. The lowest BCUT2D eigenvalue weighted by Gasteiger charge is -2.09. The van der Waals surface area contributed by atoms with Crippen LogP contribution in [0.25, 0.3) is 17.1 Å². The molecule has 1 aromatic carbocycles. The molecule has 0 saturated carbocycles. The van der Waals surface area contributed by atoms with Crippen molar-refractivity contribution in [3.05, 3.63) is 65.1 Å². The van der Waals surface area contributed by atoms with E-state index in [1.54, 1.807) is 23.0 Å². The first-order valence-electron chi connectivity index (χ1n) is 6.94. The highest BCUT2D eigenvalue weighted by Gasteiger charge is 2.12. The SMILES string of the molecule is COC(=O)Cn1nc(-c2ccnn2-c2ccccc2)ccc1=O. The number of ether oxygens (including phenoxy) is 1. The van der Waals surface area contributed by atoms with Gasteiger partial charge in [0.1, 0.15) is 12.2 Å². The number of carbonyl (C=O) groups excluding carboxylic acids is 1. The van der Waals surface area contributed by atoms with Gasteiger partial charge in [-0.3, -0.25) is 9.59 Å². The van der Waals surface area contributed by atoms with Crippen LogP contribution in [0, 0.1) is 0 Å². The lowest BCUT2D eigenvalue weighted by molar-refractivity contribution is -0.141. The zero-order valence-electron chi connectivity index (χ0n) is 12.4. The third-order valence-electron chi connectivity index (χ3n) is 3.28. The number of hydrogen-bond acceptors (Lipinski definition) is 5. The van der Waals surface area contributed by atoms with Gasteiger partial charge in [0.2, 0.25) is 0 Å². The normalized spacial score (nSPS) is 10.5. The lowest BCUT2D eigenvalue weighted by atomic mass is 10.2. The summed E-state index contributed by atoms with van der Waals surface area (Å²) in [5, 5.41) is 8.52. The van der Waals surface area contributed by atoms with Gasteiger partial charge in [-0.2, -0.15) is 10.2 Å². The van der Waals surface area contributed by atoms with Gasteiger partial charge < -0.3 is 4.74 Å². The Morgan fingerprint density at radius 3 is 2.65 bits per heavy atom. The van der Waals surface area contributed by atoms with Crippen LogP contribution >= 0.6 is 0 Å². The molecular weight excluding hydrogens is 296 g/mol. The molecule has 0 saturated heterocycles. The standard InChI is InChI=1S/C16H14N4O3/c1-23-16(22)11-19-15(21)8-7-13(18-19)14-9-10-17-20(14)12-5-3-2-4-6-12/h2-10H,11H2,1H3. The Morgan fingerprint density at radius 1 is 1.13 bits per heavy atom. The first kappa shape index (κ1) is 14.7. The molecule has 2 aromatic heterocycles. The van der Waals surface area contributed by atoms with E-state index in [4.69, 9.17) is 0 Å². The minimum Gasteiger partial charge on any atom is -0.468 e. The third kappa shape index (κ3) is 3.03. The van der Waals surface area contributed by atoms with Gasteiger partial charge in [-0.15, -0.1) is 0 Å². The summed E-state index contributed by atoms with van der Waals surface area (Å²) in [6.07, 6.45) is 1.65. The maximum absolute atomic E-state index is 11.8. The molecule has 7 nitrogen and oxygen atoms in total. The molecule has 0 unspecified atom stereocenters. The van der Waals surface area contributed by atoms with Crippen molar-refractivity contribution in [2.24, 2.45) is 0 Å². The molecule has 0 aliphatic carbocycles. The predicted molar refractivity (Wildman–Crippen MR) is 83.1 cm³/mol. The van der Waals surface area contributed by atoms with E-state index >= 15 is 0 Å². The Bertz CT molecular complexity index is 884. The van der Waals surface area contributed by atoms with Gasteiger partial charge in [0.15, 0.2) is 0 Å². The van der Waals surface area contributed by atoms with Crippen LogP contribution < -0.4 is 5.56 Å². The molecule has 0 bridgehead atoms. The lowest BCUT2D eigenvalue weighted by Crippen LogP contribution is -2.27. The van der Waals surface area contributed by atoms with Crippen LogP contribution in [0.15, 0.2) is 59.5 Å². The van der Waals surface area contributed by atoms with Crippen LogP contribution in [0.4, 0.5) is 0 Å². The molecule has 3 aromatic rings. The fourth-order valence-corrected chi connectivity index (χ4v) is 2.16. The van der Waals surface area contributed by atoms with Crippen molar-refractivity contribution in [1.29, 1.82) is 0 Å². The van der Waals surface area contributed by atoms with Gasteiger partial charge in [0.25, 0.3) is 5.56 Å². The predicted octanol–water partition coefficient (Wildman–Crippen LogP) is 1.27. The van der Waals surface area contributed by atoms with E-state index in [-0.39, 0.29) is 12.1 Å². The molecule has 0 aliphatic heterocycles. The van der Waals surface area contributed by atoms with Crippen molar-refractivity contribution in [3.8, 4) is 17.1 Å². The molecule has 0 atom stereocenters. The van der Waals surface area contributed by atoms with E-state index in [0.29, 0.717) is 5.69 Å². The van der Waals surface area contributed by atoms with Crippen LogP contribution in [-0.2, 0) is 16.1 Å². The van der Waals surface area contributed by atoms with Crippen molar-refractivity contribution in [1.82, 2.24) is 19.6 Å². The van der Waals surface area contributed by atoms with Crippen LogP contribution in [0.3, 0.4) is 0 Å². The molecule has 0 spiro atoms. The van der Waals surface area contributed by atoms with E-state index in [0.717, 1.165) is 16.1 Å². The van der Waals surface area contributed by atoms with Crippen molar-refractivity contribution in [3.63, 3.8) is 0 Å². The Kier molecular flexibility index (Phi) is 4.01. The monoisotopic (exact) mass is 310 g/mol. The Morgan fingerprint density at radius 2 is 1.91 bits per heavy atom. The third-order valence-corrected chi connectivity index (χ3v) is 3.28. The highest BCUT2D eigenvalue weighted by Crippen LogP contribution is 2.19. The van der Waals surface area contributed by atoms with Gasteiger partial charge in [-0.25, -0.2) is 9.36 Å². The van der Waals surface area contributed by atoms with Gasteiger partial charge in [0.05, 0.1) is 24.7 Å². The molecule has 23 heavy (non-hydrogen) atoms. The van der Waals surface area contributed by atoms with E-state index in [2.05, 4.69) is 14.9 Å². The van der Waals surface area contributed by atoms with E-state index < -0.39 is 5.97 Å². The minimum atomic E-state index is -0.534. The topological polar surface area (TPSA) is 79.0 Å². The minimum absolute atomic E-state index is 0.233. The molecule has 0 radical (unpaired) electrons. The largest absolute Gasteiger partial charge is 0.468 e. The van der Waals surface area contributed by atoms with E-state index in [9.17, 15) is 9.59 Å². The van der Waals surface area contributed by atoms with Crippen molar-refractivity contribution in [2.75, 3.05) is 7.11 Å². The van der Waals surface area contributed by atoms with Crippen LogP contribution in [0.5, 0.6) is 0 Å². The van der Waals surface area contributed by atoms with Crippen LogP contribution in [-0.4, -0.2) is 32.6 Å². The summed E-state index contributed by atoms with van der Waals surface area (Å²) in [6, 6.07) is 14.3. The molecule has 0 aliphatic rings. The zero-order chi connectivity index (χ0) is 16.2. The van der Waals surface area contributed by atoms with E-state index in [1.807, 2.05) is 30.3 Å². The molecule has 0 amide bonds. The Balaban J connectivity index is 2.04. The number of nitrogens with zero attached hydrogens (tertiary/aromatic N) is 4. The maximum atomic E-state index is 11.8. The summed E-state index contributed by atoms with van der Waals surface area (Å²) in [4.78, 5) is 23.2. The first-order valence-corrected chi connectivity index (χ1v) is 6.94. The van der Waals surface area contributed by atoms with E-state index in [1.165, 1.54) is 13.2 Å². The van der Waals surface area contributed by atoms with Gasteiger partial charge in [-0.05, 0) is 24.3 Å². The van der Waals surface area contributed by atoms with Crippen LogP contribution in [0.2, 0.25) is 0 Å². The first-order chi connectivity index (χ1) is 11.2. The average molecular weight is 310 g/mol. The smallest absolute Gasteiger partial charge is 0.327 e. The summed E-state index contributed by atoms with van der Waals surface area (Å²) >= 11 is 0. The molecule has 116 valence electrons. The number of benzene rings is 1. The number of methoxy groups -OCH3 is 1. The summed E-state index contributed by atoms with van der Waals surface area (Å²) in [5.74, 6) is -0.534. The summed E-state index contributed by atoms with van der Waals surface area (Å²) in [5.41, 5.74) is 1.76. The Hall–Kier alpha value is -3.22. The molecule has 3 rings (SSSR count). The number of para-hydroxylation sites is 1. The average Bonchev–Trinajstić information content (AvgIpc) is 3.07. The number of carbonyl (C=O) groups is 1. The highest BCUT2D eigenvalue weighted by atomic mass is 16.5. The van der Waals surface area contributed by atoms with Crippen molar-refractivity contribution >= 4 is 5.97 Å². The molecule has 2 heterocycles. The van der Waals surface area contributed by atoms with Crippen LogP contribution in [0.1, 0.15) is 0 Å². The highest BCUT2D eigenvalue weighted by molar-refractivity contribution is 5.68. The van der Waals surface area contributed by atoms with Gasteiger partial charge in [-0.1, -0.05) is 18.2 Å². The quantitative estimate of drug-likeness (QED) is 0.678. The molecule has 0 fully saturated rings. The Labute approximate surface area is 131 Å². The summed E-state index contributed by atoms with van der Waals surface area (Å²) < 4.78 is 7.37. The number of aromatic nitrogens is 4. The second-order valence-corrected chi connectivity index (χ2v) is 4.75. The maximum Gasteiger partial charge on any atom is 0.327 e.